The predicted molar refractivity (Wildman–Crippen MR) is 133 cm³/mol. The van der Waals surface area contributed by atoms with Gasteiger partial charge in [0.05, 0.1) is 36.8 Å². The zero-order valence-corrected chi connectivity index (χ0v) is 20.9. The molecule has 1 atom stereocenters. The van der Waals surface area contributed by atoms with Crippen molar-refractivity contribution in [1.82, 2.24) is 9.78 Å². The molecule has 2 aromatic carbocycles. The van der Waals surface area contributed by atoms with Crippen molar-refractivity contribution in [3.05, 3.63) is 63.4 Å². The number of anilines is 1. The Kier molecular flexibility index (Phi) is 6.18. The lowest BCUT2D eigenvalue weighted by molar-refractivity contribution is -0.137. The number of fused-ring (bicyclic) bond motifs is 1. The molecule has 1 fully saturated rings. The van der Waals surface area contributed by atoms with Crippen molar-refractivity contribution in [2.45, 2.75) is 44.4 Å². The molecule has 2 heterocycles. The van der Waals surface area contributed by atoms with Gasteiger partial charge in [-0.3, -0.25) is 4.79 Å². The highest BCUT2D eigenvalue weighted by Gasteiger charge is 2.37. The first-order valence-corrected chi connectivity index (χ1v) is 12.1. The third-order valence-electron chi connectivity index (χ3n) is 7.11. The van der Waals surface area contributed by atoms with Gasteiger partial charge < -0.3 is 19.5 Å². The number of ether oxygens (including phenoxy) is 2. The zero-order valence-electron chi connectivity index (χ0n) is 20.9. The quantitative estimate of drug-likeness (QED) is 0.544. The van der Waals surface area contributed by atoms with Crippen LogP contribution in [0.5, 0.6) is 11.5 Å². The topological polar surface area (TPSA) is 76.8 Å². The molecule has 2 aliphatic rings. The summed E-state index contributed by atoms with van der Waals surface area (Å²) >= 11 is 0. The Labute approximate surface area is 212 Å². The summed E-state index contributed by atoms with van der Waals surface area (Å²) in [5.41, 5.74) is -0.0935. The number of benzene rings is 2. The van der Waals surface area contributed by atoms with Gasteiger partial charge in [0.1, 0.15) is 11.5 Å². The van der Waals surface area contributed by atoms with Crippen LogP contribution >= 0.6 is 0 Å². The van der Waals surface area contributed by atoms with E-state index in [1.165, 1.54) is 26.4 Å². The number of hydrogen-bond acceptors (Lipinski definition) is 6. The van der Waals surface area contributed by atoms with Crippen LogP contribution in [0.4, 0.5) is 18.9 Å². The van der Waals surface area contributed by atoms with E-state index in [1.54, 1.807) is 25.1 Å². The van der Waals surface area contributed by atoms with E-state index >= 15 is 0 Å². The fraction of sp³-hybridized carbons (Fsp3) is 0.407. The molecule has 10 heteroatoms. The van der Waals surface area contributed by atoms with Crippen LogP contribution in [-0.2, 0) is 19.0 Å². The van der Waals surface area contributed by atoms with E-state index in [0.29, 0.717) is 66.2 Å². The van der Waals surface area contributed by atoms with E-state index in [2.05, 4.69) is 5.10 Å². The maximum Gasteiger partial charge on any atom is 0.418 e. The number of nitrogens with zero attached hydrogens (tertiary/aromatic N) is 3. The summed E-state index contributed by atoms with van der Waals surface area (Å²) in [4.78, 5) is 15.4. The van der Waals surface area contributed by atoms with Crippen molar-refractivity contribution in [2.24, 2.45) is 0 Å². The number of aromatic nitrogens is 2. The second-order valence-electron chi connectivity index (χ2n) is 9.85. The molecule has 7 nitrogen and oxygen atoms in total. The third kappa shape index (κ3) is 4.66. The Hall–Kier alpha value is -3.53. The van der Waals surface area contributed by atoms with E-state index in [9.17, 15) is 23.1 Å². The van der Waals surface area contributed by atoms with Gasteiger partial charge in [-0.1, -0.05) is 0 Å². The van der Waals surface area contributed by atoms with Crippen LogP contribution in [0.1, 0.15) is 36.5 Å². The van der Waals surface area contributed by atoms with Crippen LogP contribution in [0.3, 0.4) is 0 Å². The van der Waals surface area contributed by atoms with Gasteiger partial charge in [0, 0.05) is 36.0 Å². The van der Waals surface area contributed by atoms with Crippen molar-refractivity contribution in [2.75, 3.05) is 32.2 Å². The van der Waals surface area contributed by atoms with Crippen molar-refractivity contribution in [3.63, 3.8) is 0 Å². The normalized spacial score (nSPS) is 19.3. The minimum atomic E-state index is -4.70. The number of aliphatic hydroxyl groups is 1. The van der Waals surface area contributed by atoms with Crippen LogP contribution in [-0.4, -0.2) is 47.8 Å². The third-order valence-corrected chi connectivity index (χ3v) is 7.11. The van der Waals surface area contributed by atoms with Crippen LogP contribution in [0.2, 0.25) is 0 Å². The van der Waals surface area contributed by atoms with E-state index in [0.717, 1.165) is 16.3 Å². The first kappa shape index (κ1) is 25.1. The van der Waals surface area contributed by atoms with Crippen molar-refractivity contribution >= 4 is 5.69 Å². The van der Waals surface area contributed by atoms with Crippen molar-refractivity contribution in [1.29, 1.82) is 0 Å². The average molecular weight is 516 g/mol. The van der Waals surface area contributed by atoms with Gasteiger partial charge in [0.2, 0.25) is 0 Å². The Morgan fingerprint density at radius 2 is 1.70 bits per heavy atom. The molecule has 1 aliphatic heterocycles. The molecule has 0 spiro atoms. The lowest BCUT2D eigenvalue weighted by atomic mass is 10.0. The maximum absolute atomic E-state index is 14.2. The summed E-state index contributed by atoms with van der Waals surface area (Å²) in [6.45, 7) is 2.46. The minimum absolute atomic E-state index is 0.277. The molecule has 1 aliphatic carbocycles. The number of hydrogen-bond donors (Lipinski definition) is 1. The highest BCUT2D eigenvalue weighted by atomic mass is 19.4. The minimum Gasteiger partial charge on any atom is -0.497 e. The van der Waals surface area contributed by atoms with Crippen LogP contribution in [0.15, 0.2) is 41.2 Å². The van der Waals surface area contributed by atoms with Crippen LogP contribution in [0, 0.1) is 0 Å². The van der Waals surface area contributed by atoms with Gasteiger partial charge in [-0.25, -0.2) is 0 Å². The summed E-state index contributed by atoms with van der Waals surface area (Å²) in [5, 5.41) is 14.9. The summed E-state index contributed by atoms with van der Waals surface area (Å²) in [5.74, 6) is 0.999. The van der Waals surface area contributed by atoms with Crippen molar-refractivity contribution < 1.29 is 27.8 Å². The molecule has 196 valence electrons. The molecule has 0 amide bonds. The van der Waals surface area contributed by atoms with Gasteiger partial charge >= 0.3 is 6.18 Å². The number of β-amino-alcohol motifs (C(OH)–C–C–N with tert-alkyl or cyclic N) is 1. The van der Waals surface area contributed by atoms with Crippen molar-refractivity contribution in [3.8, 4) is 28.4 Å². The Morgan fingerprint density at radius 1 is 1.03 bits per heavy atom. The zero-order chi connectivity index (χ0) is 26.5. The summed E-state index contributed by atoms with van der Waals surface area (Å²) in [6, 6.07) is 8.84. The number of halogens is 3. The molecule has 0 bridgehead atoms. The molecule has 0 saturated carbocycles. The Bertz CT molecular complexity index is 1390. The molecular weight excluding hydrogens is 487 g/mol. The lowest BCUT2D eigenvalue weighted by Crippen LogP contribution is -2.30. The summed E-state index contributed by atoms with van der Waals surface area (Å²) in [6.07, 6.45) is -2.45. The Balaban J connectivity index is 1.74. The molecule has 1 unspecified atom stereocenters. The smallest absolute Gasteiger partial charge is 0.418 e. The summed E-state index contributed by atoms with van der Waals surface area (Å²) in [7, 11) is 3.02. The highest BCUT2D eigenvalue weighted by Crippen LogP contribution is 2.38. The second-order valence-corrected chi connectivity index (χ2v) is 9.85. The fourth-order valence-corrected chi connectivity index (χ4v) is 5.21. The molecule has 1 saturated heterocycles. The summed E-state index contributed by atoms with van der Waals surface area (Å²) < 4.78 is 54.1. The molecule has 3 aromatic rings. The number of rotatable bonds is 5. The van der Waals surface area contributed by atoms with Gasteiger partial charge in [-0.05, 0) is 68.5 Å². The van der Waals surface area contributed by atoms with Gasteiger partial charge in [0.25, 0.3) is 5.56 Å². The van der Waals surface area contributed by atoms with E-state index in [-0.39, 0.29) is 12.2 Å². The van der Waals surface area contributed by atoms with Gasteiger partial charge in [0.15, 0.2) is 0 Å². The SMILES string of the molecule is COc1cc(OC)cc(-c2nn(-c3cc(N4CCC(C)(O)C4)ccc3C(F)(F)F)c(=O)c3c2CCC3)c1. The second kappa shape index (κ2) is 9.09. The first-order chi connectivity index (χ1) is 17.5. The average Bonchev–Trinajstić information content (AvgIpc) is 3.50. The van der Waals surface area contributed by atoms with E-state index < -0.39 is 22.9 Å². The molecule has 0 radical (unpaired) electrons. The van der Waals surface area contributed by atoms with E-state index in [4.69, 9.17) is 9.47 Å². The molecule has 37 heavy (non-hydrogen) atoms. The molecule has 1 N–H and O–H groups in total. The number of methoxy groups -OCH3 is 2. The molecule has 1 aromatic heterocycles. The van der Waals surface area contributed by atoms with Crippen LogP contribution < -0.4 is 19.9 Å². The van der Waals surface area contributed by atoms with Crippen LogP contribution in [0.25, 0.3) is 16.9 Å². The maximum atomic E-state index is 14.2. The van der Waals surface area contributed by atoms with Gasteiger partial charge in [-0.15, -0.1) is 0 Å². The lowest BCUT2D eigenvalue weighted by Gasteiger charge is -2.23. The monoisotopic (exact) mass is 515 g/mol. The predicted octanol–water partition coefficient (Wildman–Crippen LogP) is 4.39. The first-order valence-electron chi connectivity index (χ1n) is 12.1. The number of alkyl halides is 3. The standard InChI is InChI=1S/C27H28F3N3O4/c1-26(35)9-10-32(15-26)17-7-8-22(27(28,29)30)23(13-17)33-25(34)21-6-4-5-20(21)24(31-33)16-11-18(36-2)14-19(12-16)37-3/h7-8,11-14,35H,4-6,9-10,15H2,1-3H3. The Morgan fingerprint density at radius 3 is 2.30 bits per heavy atom. The largest absolute Gasteiger partial charge is 0.497 e. The molecule has 5 rings (SSSR count). The highest BCUT2D eigenvalue weighted by molar-refractivity contribution is 5.69. The van der Waals surface area contributed by atoms with Gasteiger partial charge in [-0.2, -0.15) is 23.0 Å². The van der Waals surface area contributed by atoms with E-state index in [1.807, 2.05) is 4.90 Å². The molecular formula is C27H28F3N3O4. The fourth-order valence-electron chi connectivity index (χ4n) is 5.21.